The van der Waals surface area contributed by atoms with Crippen LogP contribution in [0.4, 0.5) is 10.6 Å². The van der Waals surface area contributed by atoms with Crippen molar-refractivity contribution in [1.29, 1.82) is 10.8 Å². The van der Waals surface area contributed by atoms with E-state index in [0.29, 0.717) is 16.9 Å². The Balaban J connectivity index is 1.77. The molecule has 0 unspecified atom stereocenters. The molecule has 3 rings (SSSR count). The number of carbonyl (C=O) groups excluding carboxylic acids is 1. The first-order valence-electron chi connectivity index (χ1n) is 7.80. The lowest BCUT2D eigenvalue weighted by Crippen LogP contribution is -2.42. The molecule has 0 aliphatic carbocycles. The molecule has 124 valence electrons. The number of pyridine rings is 2. The monoisotopic (exact) mass is 325 g/mol. The van der Waals surface area contributed by atoms with E-state index in [0.717, 1.165) is 31.5 Å². The molecule has 0 bridgehead atoms. The van der Waals surface area contributed by atoms with Crippen LogP contribution in [0.5, 0.6) is 0 Å². The minimum atomic E-state index is -0.418. The largest absolute Gasteiger partial charge is 0.334 e. The van der Waals surface area contributed by atoms with Gasteiger partial charge in [0.2, 0.25) is 0 Å². The Hall–Kier alpha value is -2.87. The zero-order valence-corrected chi connectivity index (χ0v) is 13.1. The van der Waals surface area contributed by atoms with Crippen molar-refractivity contribution in [2.24, 2.45) is 0 Å². The van der Waals surface area contributed by atoms with Crippen LogP contribution in [0.25, 0.3) is 11.0 Å². The van der Waals surface area contributed by atoms with Crippen LogP contribution in [0.2, 0.25) is 0 Å². The quantitative estimate of drug-likeness (QED) is 0.630. The van der Waals surface area contributed by atoms with Gasteiger partial charge < -0.3 is 10.8 Å². The Morgan fingerprint density at radius 2 is 1.96 bits per heavy atom. The molecule has 8 heteroatoms. The first-order chi connectivity index (χ1) is 11.7. The predicted octanol–water partition coefficient (Wildman–Crippen LogP) is 2.14. The molecule has 8 nitrogen and oxygen atoms in total. The number of nitrogens with zero attached hydrogens (tertiary/aromatic N) is 3. The summed E-state index contributed by atoms with van der Waals surface area (Å²) >= 11 is 0. The number of anilines is 1. The number of carbonyl (C=O) groups is 1. The van der Waals surface area contributed by atoms with Gasteiger partial charge in [-0.2, -0.15) is 0 Å². The first kappa shape index (κ1) is 16.0. The highest BCUT2D eigenvalue weighted by Crippen LogP contribution is 2.18. The fourth-order valence-corrected chi connectivity index (χ4v) is 2.63. The van der Waals surface area contributed by atoms with Gasteiger partial charge in [-0.15, -0.1) is 0 Å². The zero-order chi connectivity index (χ0) is 16.9. The molecule has 0 spiro atoms. The molecular weight excluding hydrogens is 306 g/mol. The Morgan fingerprint density at radius 3 is 2.67 bits per heavy atom. The molecular formula is C16H19N7O. The van der Waals surface area contributed by atoms with Crippen molar-refractivity contribution >= 4 is 35.3 Å². The Labute approximate surface area is 139 Å². The summed E-state index contributed by atoms with van der Waals surface area (Å²) in [4.78, 5) is 20.7. The maximum atomic E-state index is 12.0. The zero-order valence-electron chi connectivity index (χ0n) is 13.1. The maximum Gasteiger partial charge on any atom is 0.334 e. The number of amides is 2. The Kier molecular flexibility index (Phi) is 4.76. The molecule has 2 aromatic heterocycles. The summed E-state index contributed by atoms with van der Waals surface area (Å²) in [6.45, 7) is 1.72. The molecule has 0 atom stereocenters. The fourth-order valence-electron chi connectivity index (χ4n) is 2.63. The normalized spacial score (nSPS) is 15.8. The van der Waals surface area contributed by atoms with Crippen molar-refractivity contribution in [2.45, 2.75) is 18.8 Å². The minimum absolute atomic E-state index is 0.315. The second kappa shape index (κ2) is 7.14. The molecule has 1 aliphatic rings. The first-order valence-corrected chi connectivity index (χ1v) is 7.80. The number of aromatic nitrogens is 2. The Morgan fingerprint density at radius 1 is 1.21 bits per heavy atom. The third-order valence-electron chi connectivity index (χ3n) is 3.91. The lowest BCUT2D eigenvalue weighted by Gasteiger charge is -2.16. The van der Waals surface area contributed by atoms with Crippen LogP contribution in [-0.2, 0) is 0 Å². The lowest BCUT2D eigenvalue weighted by atomic mass is 10.0. The van der Waals surface area contributed by atoms with Crippen LogP contribution >= 0.6 is 0 Å². The van der Waals surface area contributed by atoms with Gasteiger partial charge in [0.15, 0.2) is 0 Å². The van der Waals surface area contributed by atoms with Gasteiger partial charge in [-0.05, 0) is 36.6 Å². The second-order valence-electron chi connectivity index (χ2n) is 5.62. The van der Waals surface area contributed by atoms with E-state index in [-0.39, 0.29) is 6.03 Å². The van der Waals surface area contributed by atoms with E-state index in [2.05, 4.69) is 20.7 Å². The molecule has 1 saturated heterocycles. The summed E-state index contributed by atoms with van der Waals surface area (Å²) in [5, 5.41) is 19.3. The minimum Gasteiger partial charge on any atom is -0.312 e. The van der Waals surface area contributed by atoms with Crippen molar-refractivity contribution < 1.29 is 4.79 Å². The highest BCUT2D eigenvalue weighted by molar-refractivity contribution is 5.91. The predicted molar refractivity (Wildman–Crippen MR) is 92.8 cm³/mol. The lowest BCUT2D eigenvalue weighted by molar-refractivity contribution is 0.209. The van der Waals surface area contributed by atoms with Crippen molar-refractivity contribution in [3.63, 3.8) is 0 Å². The topological polar surface area (TPSA) is 118 Å². The van der Waals surface area contributed by atoms with E-state index in [1.54, 1.807) is 24.4 Å². The molecule has 1 fully saturated rings. The SMILES string of the molecule is N=CC(C=N)c1cnc2ccc(NC(=O)NN3CCCC3)nc2c1. The third-order valence-corrected chi connectivity index (χ3v) is 3.91. The van der Waals surface area contributed by atoms with Crippen LogP contribution in [0, 0.1) is 10.8 Å². The molecule has 2 amide bonds. The number of hydrogen-bond acceptors (Lipinski definition) is 6. The molecule has 4 N–H and O–H groups in total. The van der Waals surface area contributed by atoms with Crippen LogP contribution < -0.4 is 10.7 Å². The van der Waals surface area contributed by atoms with Gasteiger partial charge in [0.25, 0.3) is 0 Å². The van der Waals surface area contributed by atoms with Gasteiger partial charge in [-0.3, -0.25) is 15.7 Å². The number of fused-ring (bicyclic) bond motifs is 1. The molecule has 0 aromatic carbocycles. The number of hydrogen-bond donors (Lipinski definition) is 4. The van der Waals surface area contributed by atoms with Crippen LogP contribution in [0.15, 0.2) is 24.4 Å². The van der Waals surface area contributed by atoms with Crippen LogP contribution in [-0.4, -0.2) is 46.5 Å². The van der Waals surface area contributed by atoms with Crippen molar-refractivity contribution in [3.8, 4) is 0 Å². The summed E-state index contributed by atoms with van der Waals surface area (Å²) in [5.41, 5.74) is 4.82. The fraction of sp³-hybridized carbons (Fsp3) is 0.312. The number of hydrazine groups is 1. The van der Waals surface area contributed by atoms with Crippen LogP contribution in [0.1, 0.15) is 24.3 Å². The van der Waals surface area contributed by atoms with E-state index in [9.17, 15) is 4.79 Å². The van der Waals surface area contributed by atoms with Crippen LogP contribution in [0.3, 0.4) is 0 Å². The average Bonchev–Trinajstić information content (AvgIpc) is 3.08. The summed E-state index contributed by atoms with van der Waals surface area (Å²) in [6.07, 6.45) is 6.18. The summed E-state index contributed by atoms with van der Waals surface area (Å²) in [7, 11) is 0. The third kappa shape index (κ3) is 3.54. The van der Waals surface area contributed by atoms with Gasteiger partial charge in [0, 0.05) is 31.7 Å². The van der Waals surface area contributed by atoms with Gasteiger partial charge >= 0.3 is 6.03 Å². The highest BCUT2D eigenvalue weighted by Gasteiger charge is 2.14. The van der Waals surface area contributed by atoms with E-state index in [1.807, 2.05) is 5.01 Å². The highest BCUT2D eigenvalue weighted by atomic mass is 16.2. The molecule has 1 aliphatic heterocycles. The van der Waals surface area contributed by atoms with Crippen molar-refractivity contribution in [1.82, 2.24) is 20.4 Å². The molecule has 0 saturated carbocycles. The average molecular weight is 325 g/mol. The summed E-state index contributed by atoms with van der Waals surface area (Å²) in [5.74, 6) is 0.0122. The van der Waals surface area contributed by atoms with E-state index in [4.69, 9.17) is 10.8 Å². The van der Waals surface area contributed by atoms with E-state index < -0.39 is 5.92 Å². The number of urea groups is 1. The van der Waals surface area contributed by atoms with Crippen molar-refractivity contribution in [2.75, 3.05) is 18.4 Å². The van der Waals surface area contributed by atoms with Gasteiger partial charge in [-0.25, -0.2) is 14.8 Å². The van der Waals surface area contributed by atoms with Gasteiger partial charge in [0.1, 0.15) is 5.82 Å². The smallest absolute Gasteiger partial charge is 0.312 e. The van der Waals surface area contributed by atoms with Gasteiger partial charge in [0.05, 0.1) is 17.0 Å². The van der Waals surface area contributed by atoms with Gasteiger partial charge in [-0.1, -0.05) is 0 Å². The number of nitrogens with one attached hydrogen (secondary N) is 4. The van der Waals surface area contributed by atoms with E-state index in [1.165, 1.54) is 12.4 Å². The molecule has 24 heavy (non-hydrogen) atoms. The molecule has 0 radical (unpaired) electrons. The Bertz CT molecular complexity index is 762. The molecule has 3 heterocycles. The maximum absolute atomic E-state index is 12.0. The van der Waals surface area contributed by atoms with Crippen molar-refractivity contribution in [3.05, 3.63) is 30.0 Å². The molecule has 2 aromatic rings. The summed E-state index contributed by atoms with van der Waals surface area (Å²) < 4.78 is 0. The summed E-state index contributed by atoms with van der Waals surface area (Å²) in [6, 6.07) is 4.95. The second-order valence-corrected chi connectivity index (χ2v) is 5.62. The van der Waals surface area contributed by atoms with E-state index >= 15 is 0 Å². The number of rotatable bonds is 5. The standard InChI is InChI=1S/C16H19N7O/c17-8-12(9-18)11-7-14-13(19-10-11)3-4-15(20-14)21-16(24)22-23-5-1-2-6-23/h3-4,7-10,12,17-18H,1-2,5-6H2,(H2,20,21,22,24).